The molecule has 3 rings (SSSR count). The molecule has 4 nitrogen and oxygen atoms in total. The zero-order valence-electron chi connectivity index (χ0n) is 12.1. The minimum atomic E-state index is 0.850. The van der Waals surface area contributed by atoms with Gasteiger partial charge in [0.15, 0.2) is 10.3 Å². The maximum Gasteiger partial charge on any atom is 0.186 e. The average Bonchev–Trinajstić information content (AvgIpc) is 3.05. The van der Waals surface area contributed by atoms with Crippen LogP contribution in [-0.2, 0) is 0 Å². The first-order chi connectivity index (χ1) is 9.67. The van der Waals surface area contributed by atoms with E-state index in [0.29, 0.717) is 0 Å². The molecule has 0 saturated carbocycles. The lowest BCUT2D eigenvalue weighted by Gasteiger charge is -2.29. The van der Waals surface area contributed by atoms with Crippen molar-refractivity contribution in [2.24, 2.45) is 5.92 Å². The number of hydrogen-bond acceptors (Lipinski definition) is 6. The van der Waals surface area contributed by atoms with Crippen LogP contribution in [0.1, 0.15) is 25.5 Å². The van der Waals surface area contributed by atoms with Crippen molar-refractivity contribution < 1.29 is 0 Å². The van der Waals surface area contributed by atoms with Crippen molar-refractivity contribution in [3.8, 4) is 10.6 Å². The molecule has 108 valence electrons. The van der Waals surface area contributed by atoms with E-state index >= 15 is 0 Å². The van der Waals surface area contributed by atoms with Crippen LogP contribution in [0.25, 0.3) is 10.6 Å². The molecule has 20 heavy (non-hydrogen) atoms. The van der Waals surface area contributed by atoms with E-state index < -0.39 is 0 Å². The zero-order valence-corrected chi connectivity index (χ0v) is 13.8. The van der Waals surface area contributed by atoms with Crippen molar-refractivity contribution in [3.63, 3.8) is 0 Å². The Morgan fingerprint density at radius 1 is 1.30 bits per heavy atom. The second-order valence-electron chi connectivity index (χ2n) is 5.37. The van der Waals surface area contributed by atoms with E-state index in [2.05, 4.69) is 34.4 Å². The molecule has 1 fully saturated rings. The molecule has 0 aromatic carbocycles. The van der Waals surface area contributed by atoms with Gasteiger partial charge in [0, 0.05) is 25.5 Å². The first kappa shape index (κ1) is 13.8. The third-order valence-corrected chi connectivity index (χ3v) is 5.89. The van der Waals surface area contributed by atoms with Gasteiger partial charge in [-0.05, 0) is 25.7 Å². The highest BCUT2D eigenvalue weighted by Crippen LogP contribution is 2.37. The fourth-order valence-electron chi connectivity index (χ4n) is 2.45. The van der Waals surface area contributed by atoms with E-state index in [9.17, 15) is 0 Å². The Kier molecular flexibility index (Phi) is 3.94. The second kappa shape index (κ2) is 5.69. The molecule has 0 bridgehead atoms. The van der Waals surface area contributed by atoms with Gasteiger partial charge < -0.3 is 10.2 Å². The highest BCUT2D eigenvalue weighted by Gasteiger charge is 2.21. The maximum absolute atomic E-state index is 4.76. The van der Waals surface area contributed by atoms with E-state index in [0.717, 1.165) is 40.7 Å². The van der Waals surface area contributed by atoms with Crippen LogP contribution in [0.2, 0.25) is 0 Å². The van der Waals surface area contributed by atoms with Gasteiger partial charge in [-0.3, -0.25) is 0 Å². The van der Waals surface area contributed by atoms with Crippen molar-refractivity contribution in [2.75, 3.05) is 30.4 Å². The molecule has 1 aliphatic rings. The lowest BCUT2D eigenvalue weighted by atomic mass is 10.00. The lowest BCUT2D eigenvalue weighted by molar-refractivity contribution is 0.438. The summed E-state index contributed by atoms with van der Waals surface area (Å²) in [5.41, 5.74) is 2.14. The maximum atomic E-state index is 4.76. The highest BCUT2D eigenvalue weighted by molar-refractivity contribution is 7.19. The Bertz CT molecular complexity index is 582. The predicted octanol–water partition coefficient (Wildman–Crippen LogP) is 3.85. The number of piperidine rings is 1. The topological polar surface area (TPSA) is 41.1 Å². The summed E-state index contributed by atoms with van der Waals surface area (Å²) in [7, 11) is 1.91. The largest absolute Gasteiger partial charge is 0.365 e. The number of nitrogens with zero attached hydrogens (tertiary/aromatic N) is 3. The molecule has 0 atom stereocenters. The standard InChI is InChI=1S/C14H20N4S2/c1-9-4-6-18(7-5-9)14-16-10(2)12(20-14)11-8-19-13(15-3)17-11/h8-9H,4-7H2,1-3H3,(H,15,17). The summed E-state index contributed by atoms with van der Waals surface area (Å²) >= 11 is 3.42. The zero-order chi connectivity index (χ0) is 14.1. The number of aromatic nitrogens is 2. The Labute approximate surface area is 127 Å². The second-order valence-corrected chi connectivity index (χ2v) is 7.20. The molecular weight excluding hydrogens is 288 g/mol. The number of thiazole rings is 2. The third-order valence-electron chi connectivity index (χ3n) is 3.79. The van der Waals surface area contributed by atoms with E-state index in [1.54, 1.807) is 22.7 Å². The van der Waals surface area contributed by atoms with Crippen molar-refractivity contribution in [1.82, 2.24) is 9.97 Å². The Balaban J connectivity index is 1.83. The molecule has 2 aromatic rings. The van der Waals surface area contributed by atoms with Gasteiger partial charge in [0.05, 0.1) is 16.3 Å². The number of aryl methyl sites for hydroxylation is 1. The summed E-state index contributed by atoms with van der Waals surface area (Å²) in [4.78, 5) is 13.0. The molecule has 2 aromatic heterocycles. The van der Waals surface area contributed by atoms with Crippen LogP contribution in [0, 0.1) is 12.8 Å². The molecule has 3 heterocycles. The van der Waals surface area contributed by atoms with Gasteiger partial charge in [0.2, 0.25) is 0 Å². The molecule has 1 N–H and O–H groups in total. The fraction of sp³-hybridized carbons (Fsp3) is 0.571. The average molecular weight is 308 g/mol. The minimum Gasteiger partial charge on any atom is -0.365 e. The van der Waals surface area contributed by atoms with Gasteiger partial charge in [-0.15, -0.1) is 11.3 Å². The van der Waals surface area contributed by atoms with Crippen LogP contribution in [0.15, 0.2) is 5.38 Å². The smallest absolute Gasteiger partial charge is 0.186 e. The quantitative estimate of drug-likeness (QED) is 0.935. The van der Waals surface area contributed by atoms with Crippen LogP contribution in [0.3, 0.4) is 0 Å². The van der Waals surface area contributed by atoms with Crippen molar-refractivity contribution in [3.05, 3.63) is 11.1 Å². The van der Waals surface area contributed by atoms with E-state index in [1.807, 2.05) is 7.05 Å². The summed E-state index contributed by atoms with van der Waals surface area (Å²) in [6, 6.07) is 0. The van der Waals surface area contributed by atoms with E-state index in [-0.39, 0.29) is 0 Å². The summed E-state index contributed by atoms with van der Waals surface area (Å²) in [6.45, 7) is 6.68. The number of nitrogens with one attached hydrogen (secondary N) is 1. The van der Waals surface area contributed by atoms with Crippen molar-refractivity contribution in [1.29, 1.82) is 0 Å². The monoisotopic (exact) mass is 308 g/mol. The van der Waals surface area contributed by atoms with Gasteiger partial charge in [0.1, 0.15) is 0 Å². The predicted molar refractivity (Wildman–Crippen MR) is 88.1 cm³/mol. The third kappa shape index (κ3) is 2.67. The van der Waals surface area contributed by atoms with Crippen LogP contribution in [-0.4, -0.2) is 30.1 Å². The molecule has 0 radical (unpaired) electrons. The van der Waals surface area contributed by atoms with Crippen molar-refractivity contribution >= 4 is 32.9 Å². The SMILES string of the molecule is CNc1nc(-c2sc(N3CCC(C)CC3)nc2C)cs1. The molecule has 0 spiro atoms. The molecule has 1 saturated heterocycles. The molecule has 1 aliphatic heterocycles. The summed E-state index contributed by atoms with van der Waals surface area (Å²) in [6.07, 6.45) is 2.54. The fourth-order valence-corrected chi connectivity index (χ4v) is 4.26. The number of rotatable bonds is 3. The summed E-state index contributed by atoms with van der Waals surface area (Å²) < 4.78 is 0. The van der Waals surface area contributed by atoms with E-state index in [1.165, 1.54) is 17.7 Å². The van der Waals surface area contributed by atoms with Gasteiger partial charge in [-0.2, -0.15) is 0 Å². The lowest BCUT2D eigenvalue weighted by Crippen LogP contribution is -2.32. The first-order valence-electron chi connectivity index (χ1n) is 7.03. The summed E-state index contributed by atoms with van der Waals surface area (Å²) in [5.74, 6) is 0.850. The highest BCUT2D eigenvalue weighted by atomic mass is 32.1. The van der Waals surface area contributed by atoms with Gasteiger partial charge in [-0.25, -0.2) is 9.97 Å². The molecular formula is C14H20N4S2. The number of anilines is 2. The van der Waals surface area contributed by atoms with Gasteiger partial charge >= 0.3 is 0 Å². The minimum absolute atomic E-state index is 0.850. The Morgan fingerprint density at radius 2 is 2.05 bits per heavy atom. The first-order valence-corrected chi connectivity index (χ1v) is 8.73. The Hall–Kier alpha value is -1.14. The molecule has 0 unspecified atom stereocenters. The van der Waals surface area contributed by atoms with Crippen LogP contribution in [0.4, 0.5) is 10.3 Å². The van der Waals surface area contributed by atoms with Crippen molar-refractivity contribution in [2.45, 2.75) is 26.7 Å². The summed E-state index contributed by atoms with van der Waals surface area (Å²) in [5, 5.41) is 7.31. The molecule has 0 aliphatic carbocycles. The van der Waals surface area contributed by atoms with E-state index in [4.69, 9.17) is 4.98 Å². The normalized spacial score (nSPS) is 16.6. The molecule has 0 amide bonds. The van der Waals surface area contributed by atoms with Crippen LogP contribution >= 0.6 is 22.7 Å². The van der Waals surface area contributed by atoms with Crippen LogP contribution in [0.5, 0.6) is 0 Å². The Morgan fingerprint density at radius 3 is 2.70 bits per heavy atom. The number of hydrogen-bond donors (Lipinski definition) is 1. The van der Waals surface area contributed by atoms with Crippen LogP contribution < -0.4 is 10.2 Å². The molecule has 6 heteroatoms. The van der Waals surface area contributed by atoms with Gasteiger partial charge in [0.25, 0.3) is 0 Å². The van der Waals surface area contributed by atoms with Gasteiger partial charge in [-0.1, -0.05) is 18.3 Å².